The second-order valence-corrected chi connectivity index (χ2v) is 13.9. The van der Waals surface area contributed by atoms with Crippen molar-refractivity contribution in [3.63, 3.8) is 0 Å². The molecule has 0 spiro atoms. The molecule has 1 fully saturated rings. The molecule has 1 saturated carbocycles. The molecule has 1 aliphatic carbocycles. The van der Waals surface area contributed by atoms with Gasteiger partial charge in [0.25, 0.3) is 10.0 Å². The van der Waals surface area contributed by atoms with Crippen LogP contribution >= 0.6 is 34.8 Å². The van der Waals surface area contributed by atoms with Crippen LogP contribution in [0.1, 0.15) is 44.6 Å². The van der Waals surface area contributed by atoms with Crippen molar-refractivity contribution < 1.29 is 27.5 Å². The zero-order valence-corrected chi connectivity index (χ0v) is 28.3. The summed E-state index contributed by atoms with van der Waals surface area (Å²) in [4.78, 5) is 28.9. The van der Waals surface area contributed by atoms with Gasteiger partial charge in [0, 0.05) is 39.3 Å². The largest absolute Gasteiger partial charge is 0.493 e. The van der Waals surface area contributed by atoms with Crippen LogP contribution in [0.15, 0.2) is 65.6 Å². The van der Waals surface area contributed by atoms with E-state index in [1.54, 1.807) is 25.1 Å². The number of carbonyl (C=O) groups excluding carboxylic acids is 2. The van der Waals surface area contributed by atoms with E-state index in [1.165, 1.54) is 61.6 Å². The Morgan fingerprint density at radius 1 is 0.911 bits per heavy atom. The Hall–Kier alpha value is -3.18. The van der Waals surface area contributed by atoms with E-state index in [4.69, 9.17) is 44.3 Å². The normalized spacial score (nSPS) is 14.4. The van der Waals surface area contributed by atoms with Crippen molar-refractivity contribution in [2.75, 3.05) is 25.1 Å². The van der Waals surface area contributed by atoms with Gasteiger partial charge in [-0.3, -0.25) is 13.9 Å². The maximum absolute atomic E-state index is 14.2. The maximum Gasteiger partial charge on any atom is 0.264 e. The average molecular weight is 697 g/mol. The second-order valence-electron chi connectivity index (χ2n) is 10.7. The second kappa shape index (κ2) is 15.4. The zero-order chi connectivity index (χ0) is 32.7. The van der Waals surface area contributed by atoms with Crippen molar-refractivity contribution in [1.82, 2.24) is 10.2 Å². The van der Waals surface area contributed by atoms with Crippen molar-refractivity contribution in [3.8, 4) is 11.5 Å². The van der Waals surface area contributed by atoms with Crippen LogP contribution in [0, 0.1) is 0 Å². The minimum atomic E-state index is -4.36. The molecule has 1 unspecified atom stereocenters. The van der Waals surface area contributed by atoms with Crippen molar-refractivity contribution >= 4 is 62.3 Å². The summed E-state index contributed by atoms with van der Waals surface area (Å²) in [5.74, 6) is -0.453. The first-order valence-corrected chi connectivity index (χ1v) is 17.1. The van der Waals surface area contributed by atoms with Crippen LogP contribution in [0.3, 0.4) is 0 Å². The highest BCUT2D eigenvalue weighted by Gasteiger charge is 2.34. The van der Waals surface area contributed by atoms with Gasteiger partial charge in [-0.2, -0.15) is 0 Å². The Kier molecular flexibility index (Phi) is 11.9. The molecule has 1 N–H and O–H groups in total. The molecule has 0 bridgehead atoms. The highest BCUT2D eigenvalue weighted by atomic mass is 35.5. The fourth-order valence-electron chi connectivity index (χ4n) is 5.25. The van der Waals surface area contributed by atoms with E-state index in [-0.39, 0.29) is 34.8 Å². The fourth-order valence-corrected chi connectivity index (χ4v) is 7.32. The molecule has 0 aliphatic heterocycles. The molecule has 3 aromatic carbocycles. The van der Waals surface area contributed by atoms with Gasteiger partial charge in [-0.15, -0.1) is 0 Å². The Morgan fingerprint density at radius 3 is 2.13 bits per heavy atom. The minimum absolute atomic E-state index is 0.00514. The Bertz CT molecular complexity index is 1590. The molecule has 1 aliphatic rings. The molecule has 3 aromatic rings. The molecule has 0 heterocycles. The SMILES string of the molecule is COc1ccc(S(=O)(=O)N(CC(=O)N(Cc2c(Cl)cccc2Cl)C(C)C(=O)NC2CCCCC2)c2ccc(Cl)cc2)cc1OC. The lowest BCUT2D eigenvalue weighted by atomic mass is 9.95. The number of sulfonamides is 1. The van der Waals surface area contributed by atoms with E-state index in [2.05, 4.69) is 5.32 Å². The zero-order valence-electron chi connectivity index (χ0n) is 25.3. The Morgan fingerprint density at radius 2 is 1.53 bits per heavy atom. The van der Waals surface area contributed by atoms with Crippen LogP contribution < -0.4 is 19.1 Å². The lowest BCUT2D eigenvalue weighted by Crippen LogP contribution is -2.53. The van der Waals surface area contributed by atoms with Gasteiger partial charge in [0.2, 0.25) is 11.8 Å². The molecule has 9 nitrogen and oxygen atoms in total. The molecule has 0 radical (unpaired) electrons. The highest BCUT2D eigenvalue weighted by Crippen LogP contribution is 2.33. The Labute approximate surface area is 279 Å². The van der Waals surface area contributed by atoms with Gasteiger partial charge in [0.1, 0.15) is 12.6 Å². The molecule has 45 heavy (non-hydrogen) atoms. The molecule has 242 valence electrons. The smallest absolute Gasteiger partial charge is 0.264 e. The first-order chi connectivity index (χ1) is 21.5. The number of rotatable bonds is 12. The average Bonchev–Trinajstić information content (AvgIpc) is 3.03. The third-order valence-electron chi connectivity index (χ3n) is 7.85. The number of hydrogen-bond donors (Lipinski definition) is 1. The molecule has 4 rings (SSSR count). The van der Waals surface area contributed by atoms with Crippen molar-refractivity contribution in [3.05, 3.63) is 81.3 Å². The molecule has 13 heteroatoms. The van der Waals surface area contributed by atoms with Gasteiger partial charge in [-0.1, -0.05) is 60.1 Å². The first kappa shape index (κ1) is 34.7. The minimum Gasteiger partial charge on any atom is -0.493 e. The van der Waals surface area contributed by atoms with Gasteiger partial charge >= 0.3 is 0 Å². The number of nitrogens with zero attached hydrogens (tertiary/aromatic N) is 2. The third-order valence-corrected chi connectivity index (χ3v) is 10.6. The summed E-state index contributed by atoms with van der Waals surface area (Å²) in [6, 6.07) is 14.2. The number of benzene rings is 3. The van der Waals surface area contributed by atoms with Crippen LogP contribution in [0.4, 0.5) is 5.69 Å². The molecule has 2 amide bonds. The standard InChI is InChI=1S/C32H36Cl3N3O6S/c1-21(32(40)36-23-8-5-4-6-9-23)37(19-26-27(34)10-7-11-28(26)35)31(39)20-38(24-14-12-22(33)13-15-24)45(41,42)25-16-17-29(43-2)30(18-25)44-3/h7,10-18,21,23H,4-6,8-9,19-20H2,1-3H3,(H,36,40). The number of hydrogen-bond acceptors (Lipinski definition) is 6. The molecule has 0 aromatic heterocycles. The number of ether oxygens (including phenoxy) is 2. The van der Waals surface area contributed by atoms with Crippen LogP contribution in [0.25, 0.3) is 0 Å². The van der Waals surface area contributed by atoms with E-state index in [0.717, 1.165) is 36.4 Å². The highest BCUT2D eigenvalue weighted by molar-refractivity contribution is 7.92. The first-order valence-electron chi connectivity index (χ1n) is 14.5. The third kappa shape index (κ3) is 8.35. The van der Waals surface area contributed by atoms with E-state index in [0.29, 0.717) is 26.4 Å². The molecular formula is C32H36Cl3N3O6S. The number of methoxy groups -OCH3 is 2. The van der Waals surface area contributed by atoms with Crippen molar-refractivity contribution in [2.24, 2.45) is 0 Å². The topological polar surface area (TPSA) is 105 Å². The number of anilines is 1. The Balaban J connectivity index is 1.73. The molecule has 1 atom stereocenters. The van der Waals surface area contributed by atoms with Crippen LogP contribution in [0.2, 0.25) is 15.1 Å². The molecular weight excluding hydrogens is 661 g/mol. The lowest BCUT2D eigenvalue weighted by molar-refractivity contribution is -0.139. The number of nitrogens with one attached hydrogen (secondary N) is 1. The van der Waals surface area contributed by atoms with Crippen molar-refractivity contribution in [1.29, 1.82) is 0 Å². The quantitative estimate of drug-likeness (QED) is 0.225. The van der Waals surface area contributed by atoms with Gasteiger partial charge in [0.15, 0.2) is 11.5 Å². The summed E-state index contributed by atoms with van der Waals surface area (Å²) in [6.45, 7) is 0.846. The number of amides is 2. The summed E-state index contributed by atoms with van der Waals surface area (Å²) in [5, 5.41) is 4.08. The van der Waals surface area contributed by atoms with Crippen LogP contribution in [-0.2, 0) is 26.2 Å². The maximum atomic E-state index is 14.2. The summed E-state index contributed by atoms with van der Waals surface area (Å²) in [5.41, 5.74) is 0.630. The van der Waals surface area contributed by atoms with E-state index < -0.39 is 28.5 Å². The predicted molar refractivity (Wildman–Crippen MR) is 177 cm³/mol. The van der Waals surface area contributed by atoms with Gasteiger partial charge < -0.3 is 19.7 Å². The summed E-state index contributed by atoms with van der Waals surface area (Å²) in [7, 11) is -1.52. The summed E-state index contributed by atoms with van der Waals surface area (Å²) >= 11 is 19.1. The van der Waals surface area contributed by atoms with Gasteiger partial charge in [-0.25, -0.2) is 8.42 Å². The predicted octanol–water partition coefficient (Wildman–Crippen LogP) is 6.73. The molecule has 0 saturated heterocycles. The lowest BCUT2D eigenvalue weighted by Gasteiger charge is -2.33. The van der Waals surface area contributed by atoms with E-state index in [1.807, 2.05) is 0 Å². The van der Waals surface area contributed by atoms with E-state index >= 15 is 0 Å². The monoisotopic (exact) mass is 695 g/mol. The van der Waals surface area contributed by atoms with Crippen LogP contribution in [-0.4, -0.2) is 58.0 Å². The fraction of sp³-hybridized carbons (Fsp3) is 0.375. The summed E-state index contributed by atoms with van der Waals surface area (Å²) < 4.78 is 39.9. The summed E-state index contributed by atoms with van der Waals surface area (Å²) in [6.07, 6.45) is 4.86. The number of halogens is 3. The number of carbonyl (C=O) groups is 2. The van der Waals surface area contributed by atoms with Gasteiger partial charge in [0.05, 0.1) is 24.8 Å². The van der Waals surface area contributed by atoms with Crippen molar-refractivity contribution in [2.45, 2.75) is 62.6 Å². The van der Waals surface area contributed by atoms with Crippen LogP contribution in [0.5, 0.6) is 11.5 Å². The van der Waals surface area contributed by atoms with Gasteiger partial charge in [-0.05, 0) is 68.3 Å². The van der Waals surface area contributed by atoms with E-state index in [9.17, 15) is 18.0 Å².